The third-order valence-corrected chi connectivity index (χ3v) is 3.44. The fourth-order valence-corrected chi connectivity index (χ4v) is 2.22. The SMILES string of the molecule is CCC1CC1NC(=O)C1CCC(CN)O1. The number of nitrogens with two attached hydrogens (primary N) is 1. The van der Waals surface area contributed by atoms with Gasteiger partial charge in [0.25, 0.3) is 0 Å². The van der Waals surface area contributed by atoms with E-state index in [-0.39, 0.29) is 18.1 Å². The minimum Gasteiger partial charge on any atom is -0.364 e. The monoisotopic (exact) mass is 212 g/mol. The predicted octanol–water partition coefficient (Wildman–Crippen LogP) is 0.407. The number of hydrogen-bond acceptors (Lipinski definition) is 3. The van der Waals surface area contributed by atoms with E-state index in [1.807, 2.05) is 0 Å². The van der Waals surface area contributed by atoms with Crippen molar-refractivity contribution in [2.45, 2.75) is 50.9 Å². The maximum atomic E-state index is 11.7. The zero-order chi connectivity index (χ0) is 10.8. The van der Waals surface area contributed by atoms with Crippen molar-refractivity contribution in [1.29, 1.82) is 0 Å². The van der Waals surface area contributed by atoms with E-state index in [9.17, 15) is 4.79 Å². The number of carbonyl (C=O) groups excluding carboxylic acids is 1. The van der Waals surface area contributed by atoms with Crippen LogP contribution < -0.4 is 11.1 Å². The Labute approximate surface area is 90.5 Å². The van der Waals surface area contributed by atoms with Crippen LogP contribution in [0, 0.1) is 5.92 Å². The molecule has 0 aromatic carbocycles. The van der Waals surface area contributed by atoms with Crippen molar-refractivity contribution in [2.75, 3.05) is 6.54 Å². The molecule has 0 radical (unpaired) electrons. The lowest BCUT2D eigenvalue weighted by atomic mass is 10.2. The summed E-state index contributed by atoms with van der Waals surface area (Å²) in [6, 6.07) is 0.406. The summed E-state index contributed by atoms with van der Waals surface area (Å²) in [4.78, 5) is 11.7. The zero-order valence-electron chi connectivity index (χ0n) is 9.24. The van der Waals surface area contributed by atoms with Crippen LogP contribution in [-0.4, -0.2) is 30.7 Å². The van der Waals surface area contributed by atoms with Gasteiger partial charge in [-0.3, -0.25) is 4.79 Å². The van der Waals surface area contributed by atoms with Crippen LogP contribution in [0.5, 0.6) is 0 Å². The molecule has 0 aromatic rings. The quantitative estimate of drug-likeness (QED) is 0.709. The number of amides is 1. The van der Waals surface area contributed by atoms with Gasteiger partial charge in [0.1, 0.15) is 6.10 Å². The first kappa shape index (κ1) is 10.9. The molecule has 15 heavy (non-hydrogen) atoms. The van der Waals surface area contributed by atoms with Gasteiger partial charge in [-0.25, -0.2) is 0 Å². The van der Waals surface area contributed by atoms with Crippen molar-refractivity contribution in [3.63, 3.8) is 0 Å². The molecule has 1 heterocycles. The molecule has 4 atom stereocenters. The molecular formula is C11H20N2O2. The Morgan fingerprint density at radius 2 is 2.33 bits per heavy atom. The second-order valence-corrected chi connectivity index (χ2v) is 4.58. The van der Waals surface area contributed by atoms with Crippen LogP contribution in [0.25, 0.3) is 0 Å². The first-order chi connectivity index (χ1) is 7.24. The maximum Gasteiger partial charge on any atom is 0.249 e. The smallest absolute Gasteiger partial charge is 0.249 e. The Bertz CT molecular complexity index is 245. The van der Waals surface area contributed by atoms with Crippen molar-refractivity contribution < 1.29 is 9.53 Å². The van der Waals surface area contributed by atoms with Crippen molar-refractivity contribution in [3.8, 4) is 0 Å². The molecule has 1 saturated heterocycles. The van der Waals surface area contributed by atoms with Gasteiger partial charge in [-0.2, -0.15) is 0 Å². The van der Waals surface area contributed by atoms with Gasteiger partial charge in [-0.1, -0.05) is 13.3 Å². The molecule has 0 bridgehead atoms. The van der Waals surface area contributed by atoms with E-state index in [0.29, 0.717) is 18.5 Å². The van der Waals surface area contributed by atoms with Crippen LogP contribution >= 0.6 is 0 Å². The second-order valence-electron chi connectivity index (χ2n) is 4.58. The molecule has 0 aromatic heterocycles. The maximum absolute atomic E-state index is 11.7. The minimum absolute atomic E-state index is 0.0619. The van der Waals surface area contributed by atoms with Crippen molar-refractivity contribution in [1.82, 2.24) is 5.32 Å². The molecule has 4 heteroatoms. The van der Waals surface area contributed by atoms with Gasteiger partial charge >= 0.3 is 0 Å². The van der Waals surface area contributed by atoms with E-state index in [0.717, 1.165) is 25.7 Å². The van der Waals surface area contributed by atoms with Crippen molar-refractivity contribution >= 4 is 5.91 Å². The van der Waals surface area contributed by atoms with Gasteiger partial charge in [0.2, 0.25) is 5.91 Å². The summed E-state index contributed by atoms with van der Waals surface area (Å²) >= 11 is 0. The molecule has 2 rings (SSSR count). The summed E-state index contributed by atoms with van der Waals surface area (Å²) in [5.41, 5.74) is 5.50. The number of carbonyl (C=O) groups is 1. The number of nitrogens with one attached hydrogen (secondary N) is 1. The number of ether oxygens (including phenoxy) is 1. The van der Waals surface area contributed by atoms with Crippen LogP contribution in [0.4, 0.5) is 0 Å². The lowest BCUT2D eigenvalue weighted by Crippen LogP contribution is -2.37. The zero-order valence-corrected chi connectivity index (χ0v) is 9.24. The summed E-state index contributed by atoms with van der Waals surface area (Å²) < 4.78 is 5.53. The lowest BCUT2D eigenvalue weighted by molar-refractivity contribution is -0.132. The Kier molecular flexibility index (Phi) is 3.26. The van der Waals surface area contributed by atoms with Crippen LogP contribution in [0.15, 0.2) is 0 Å². The van der Waals surface area contributed by atoms with E-state index >= 15 is 0 Å². The first-order valence-electron chi connectivity index (χ1n) is 5.90. The third-order valence-electron chi connectivity index (χ3n) is 3.44. The normalized spacial score (nSPS) is 39.1. The highest BCUT2D eigenvalue weighted by molar-refractivity contribution is 5.81. The van der Waals surface area contributed by atoms with E-state index in [1.165, 1.54) is 0 Å². The molecule has 0 spiro atoms. The van der Waals surface area contributed by atoms with Gasteiger partial charge in [0, 0.05) is 12.6 Å². The Morgan fingerprint density at radius 1 is 1.53 bits per heavy atom. The fourth-order valence-electron chi connectivity index (χ4n) is 2.22. The summed E-state index contributed by atoms with van der Waals surface area (Å²) in [6.45, 7) is 2.68. The molecule has 4 unspecified atom stereocenters. The van der Waals surface area contributed by atoms with E-state index < -0.39 is 0 Å². The van der Waals surface area contributed by atoms with Gasteiger partial charge in [-0.05, 0) is 25.2 Å². The largest absolute Gasteiger partial charge is 0.364 e. The van der Waals surface area contributed by atoms with Crippen molar-refractivity contribution in [2.24, 2.45) is 11.7 Å². The average molecular weight is 212 g/mol. The molecule has 1 saturated carbocycles. The van der Waals surface area contributed by atoms with Gasteiger partial charge < -0.3 is 15.8 Å². The molecule has 1 amide bonds. The Balaban J connectivity index is 1.73. The van der Waals surface area contributed by atoms with Crippen LogP contribution in [-0.2, 0) is 9.53 Å². The fraction of sp³-hybridized carbons (Fsp3) is 0.909. The minimum atomic E-state index is -0.253. The molecule has 4 nitrogen and oxygen atoms in total. The lowest BCUT2D eigenvalue weighted by Gasteiger charge is -2.12. The average Bonchev–Trinajstić information content (AvgIpc) is 2.81. The van der Waals surface area contributed by atoms with Gasteiger partial charge in [-0.15, -0.1) is 0 Å². The molecule has 86 valence electrons. The van der Waals surface area contributed by atoms with Crippen LogP contribution in [0.3, 0.4) is 0 Å². The number of rotatable bonds is 4. The second kappa shape index (κ2) is 4.49. The summed E-state index contributed by atoms with van der Waals surface area (Å²) in [7, 11) is 0. The Hall–Kier alpha value is -0.610. The van der Waals surface area contributed by atoms with Gasteiger partial charge in [0.15, 0.2) is 0 Å². The molecule has 2 aliphatic rings. The topological polar surface area (TPSA) is 64.4 Å². The molecule has 3 N–H and O–H groups in total. The molecule has 2 fully saturated rings. The highest BCUT2D eigenvalue weighted by Crippen LogP contribution is 2.33. The highest BCUT2D eigenvalue weighted by Gasteiger charge is 2.39. The van der Waals surface area contributed by atoms with Crippen LogP contribution in [0.2, 0.25) is 0 Å². The van der Waals surface area contributed by atoms with Crippen molar-refractivity contribution in [3.05, 3.63) is 0 Å². The highest BCUT2D eigenvalue weighted by atomic mass is 16.5. The molecule has 1 aliphatic carbocycles. The molecule has 1 aliphatic heterocycles. The van der Waals surface area contributed by atoms with Crippen LogP contribution in [0.1, 0.15) is 32.6 Å². The standard InChI is InChI=1S/C11H20N2O2/c1-2-7-5-9(7)13-11(14)10-4-3-8(6-12)15-10/h7-10H,2-6,12H2,1H3,(H,13,14). The third kappa shape index (κ3) is 2.49. The summed E-state index contributed by atoms with van der Waals surface area (Å²) in [5.74, 6) is 0.757. The Morgan fingerprint density at radius 3 is 2.87 bits per heavy atom. The van der Waals surface area contributed by atoms with E-state index in [2.05, 4.69) is 12.2 Å². The molecular weight excluding hydrogens is 192 g/mol. The summed E-state index contributed by atoms with van der Waals surface area (Å²) in [5, 5.41) is 3.04. The first-order valence-corrected chi connectivity index (χ1v) is 5.90. The van der Waals surface area contributed by atoms with Gasteiger partial charge in [0.05, 0.1) is 6.10 Å². The number of hydrogen-bond donors (Lipinski definition) is 2. The van der Waals surface area contributed by atoms with E-state index in [1.54, 1.807) is 0 Å². The summed E-state index contributed by atoms with van der Waals surface area (Å²) in [6.07, 6.45) is 3.85. The predicted molar refractivity (Wildman–Crippen MR) is 57.3 cm³/mol. The van der Waals surface area contributed by atoms with E-state index in [4.69, 9.17) is 10.5 Å².